The van der Waals surface area contributed by atoms with E-state index in [4.69, 9.17) is 0 Å². The van der Waals surface area contributed by atoms with Crippen LogP contribution < -0.4 is 0 Å². The second kappa shape index (κ2) is 3.73. The maximum atomic E-state index is 12.5. The Morgan fingerprint density at radius 2 is 2.00 bits per heavy atom. The van der Waals surface area contributed by atoms with Gasteiger partial charge in [-0.25, -0.2) is 0 Å². The number of carbonyl (C=O) groups excluding carboxylic acids is 1. The quantitative estimate of drug-likeness (QED) is 0.687. The molecule has 2 aliphatic rings. The zero-order valence-electron chi connectivity index (χ0n) is 9.78. The van der Waals surface area contributed by atoms with Crippen molar-refractivity contribution < 1.29 is 4.79 Å². The molecule has 3 rings (SSSR count). The van der Waals surface area contributed by atoms with E-state index in [0.717, 1.165) is 23.5 Å². The molecule has 0 spiro atoms. The van der Waals surface area contributed by atoms with Crippen LogP contribution in [0.4, 0.5) is 0 Å². The van der Waals surface area contributed by atoms with Crippen molar-refractivity contribution in [2.75, 3.05) is 0 Å². The smallest absolute Gasteiger partial charge is 0.166 e. The second-order valence-corrected chi connectivity index (χ2v) is 5.46. The highest BCUT2D eigenvalue weighted by atomic mass is 16.1. The molecule has 1 aromatic carbocycles. The molecular formula is C15H18O. The van der Waals surface area contributed by atoms with Gasteiger partial charge in [-0.05, 0) is 43.6 Å². The molecule has 84 valence electrons. The zero-order valence-corrected chi connectivity index (χ0v) is 9.78. The Morgan fingerprint density at radius 3 is 2.62 bits per heavy atom. The molecule has 16 heavy (non-hydrogen) atoms. The van der Waals surface area contributed by atoms with E-state index >= 15 is 0 Å². The van der Waals surface area contributed by atoms with Crippen LogP contribution in [-0.2, 0) is 0 Å². The van der Waals surface area contributed by atoms with E-state index in [-0.39, 0.29) is 0 Å². The summed E-state index contributed by atoms with van der Waals surface area (Å²) in [6.07, 6.45) is 5.11. The number of hydrogen-bond acceptors (Lipinski definition) is 1. The Hall–Kier alpha value is -1.11. The van der Waals surface area contributed by atoms with E-state index in [0.29, 0.717) is 17.6 Å². The number of ketones is 1. The molecule has 1 heteroatoms. The molecule has 1 aromatic rings. The van der Waals surface area contributed by atoms with Gasteiger partial charge in [0.1, 0.15) is 0 Å². The van der Waals surface area contributed by atoms with E-state index in [1.54, 1.807) is 0 Å². The van der Waals surface area contributed by atoms with Crippen LogP contribution in [0.1, 0.15) is 41.6 Å². The first-order valence-electron chi connectivity index (χ1n) is 6.35. The molecule has 0 heterocycles. The molecule has 0 saturated heterocycles. The summed E-state index contributed by atoms with van der Waals surface area (Å²) in [5.41, 5.74) is 2.09. The summed E-state index contributed by atoms with van der Waals surface area (Å²) < 4.78 is 0. The van der Waals surface area contributed by atoms with Crippen LogP contribution in [0.25, 0.3) is 0 Å². The van der Waals surface area contributed by atoms with E-state index in [1.807, 2.05) is 31.2 Å². The maximum absolute atomic E-state index is 12.5. The highest BCUT2D eigenvalue weighted by molar-refractivity contribution is 5.99. The van der Waals surface area contributed by atoms with Crippen molar-refractivity contribution in [1.82, 2.24) is 0 Å². The average Bonchev–Trinajstić information content (AvgIpc) is 2.90. The topological polar surface area (TPSA) is 17.1 Å². The van der Waals surface area contributed by atoms with E-state index in [2.05, 4.69) is 0 Å². The maximum Gasteiger partial charge on any atom is 0.166 e. The number of benzene rings is 1. The molecule has 0 aromatic heterocycles. The number of carbonyl (C=O) groups is 1. The molecule has 2 bridgehead atoms. The van der Waals surface area contributed by atoms with Crippen LogP contribution in [0, 0.1) is 24.7 Å². The number of rotatable bonds is 2. The van der Waals surface area contributed by atoms with Crippen LogP contribution in [0.3, 0.4) is 0 Å². The summed E-state index contributed by atoms with van der Waals surface area (Å²) in [7, 11) is 0. The van der Waals surface area contributed by atoms with Gasteiger partial charge in [0, 0.05) is 11.5 Å². The van der Waals surface area contributed by atoms with Crippen LogP contribution in [0.2, 0.25) is 0 Å². The highest BCUT2D eigenvalue weighted by Gasteiger charge is 2.43. The van der Waals surface area contributed by atoms with Crippen molar-refractivity contribution in [3.05, 3.63) is 35.4 Å². The molecule has 0 amide bonds. The molecule has 1 nitrogen and oxygen atoms in total. The highest BCUT2D eigenvalue weighted by Crippen LogP contribution is 2.49. The van der Waals surface area contributed by atoms with Crippen molar-refractivity contribution in [2.24, 2.45) is 17.8 Å². The first kappa shape index (κ1) is 10.1. The second-order valence-electron chi connectivity index (χ2n) is 5.46. The molecule has 2 aliphatic carbocycles. The van der Waals surface area contributed by atoms with Gasteiger partial charge >= 0.3 is 0 Å². The summed E-state index contributed by atoms with van der Waals surface area (Å²) in [6.45, 7) is 2.04. The summed E-state index contributed by atoms with van der Waals surface area (Å²) in [5.74, 6) is 2.28. The molecule has 2 saturated carbocycles. The normalized spacial score (nSPS) is 31.9. The molecule has 3 unspecified atom stereocenters. The van der Waals surface area contributed by atoms with Gasteiger partial charge in [-0.2, -0.15) is 0 Å². The SMILES string of the molecule is Cc1ccccc1C(=O)C1CC2CCC1C2. The lowest BCUT2D eigenvalue weighted by Gasteiger charge is -2.21. The van der Waals surface area contributed by atoms with Crippen LogP contribution in [-0.4, -0.2) is 5.78 Å². The standard InChI is InChI=1S/C15H18O/c1-10-4-2-3-5-13(10)15(16)14-9-11-6-7-12(14)8-11/h2-5,11-12,14H,6-9H2,1H3. The fourth-order valence-corrected chi connectivity index (χ4v) is 3.61. The van der Waals surface area contributed by atoms with Gasteiger partial charge in [0.15, 0.2) is 5.78 Å². The Balaban J connectivity index is 1.86. The van der Waals surface area contributed by atoms with Crippen molar-refractivity contribution in [3.8, 4) is 0 Å². The van der Waals surface area contributed by atoms with Gasteiger partial charge in [-0.3, -0.25) is 4.79 Å². The summed E-state index contributed by atoms with van der Waals surface area (Å²) in [4.78, 5) is 12.5. The van der Waals surface area contributed by atoms with E-state index < -0.39 is 0 Å². The van der Waals surface area contributed by atoms with Gasteiger partial charge < -0.3 is 0 Å². The monoisotopic (exact) mass is 214 g/mol. The molecule has 0 N–H and O–H groups in total. The molecule has 3 atom stereocenters. The average molecular weight is 214 g/mol. The fraction of sp³-hybridized carbons (Fsp3) is 0.533. The minimum Gasteiger partial charge on any atom is -0.294 e. The van der Waals surface area contributed by atoms with Gasteiger partial charge in [-0.1, -0.05) is 30.7 Å². The fourth-order valence-electron chi connectivity index (χ4n) is 3.61. The molecule has 0 aliphatic heterocycles. The van der Waals surface area contributed by atoms with E-state index in [9.17, 15) is 4.79 Å². The molecule has 0 radical (unpaired) electrons. The van der Waals surface area contributed by atoms with Gasteiger partial charge in [-0.15, -0.1) is 0 Å². The minimum atomic E-state index is 0.333. The first-order chi connectivity index (χ1) is 7.75. The van der Waals surface area contributed by atoms with Gasteiger partial charge in [0.2, 0.25) is 0 Å². The number of hydrogen-bond donors (Lipinski definition) is 0. The van der Waals surface area contributed by atoms with E-state index in [1.165, 1.54) is 19.3 Å². The number of fused-ring (bicyclic) bond motifs is 2. The summed E-state index contributed by atoms with van der Waals surface area (Å²) in [6, 6.07) is 8.02. The Morgan fingerprint density at radius 1 is 1.19 bits per heavy atom. The van der Waals surface area contributed by atoms with Crippen LogP contribution in [0.15, 0.2) is 24.3 Å². The lowest BCUT2D eigenvalue weighted by atomic mass is 9.82. The summed E-state index contributed by atoms with van der Waals surface area (Å²) in [5, 5.41) is 0. The molecule has 2 fully saturated rings. The van der Waals surface area contributed by atoms with Crippen LogP contribution >= 0.6 is 0 Å². The van der Waals surface area contributed by atoms with Crippen LogP contribution in [0.5, 0.6) is 0 Å². The van der Waals surface area contributed by atoms with Crippen molar-refractivity contribution >= 4 is 5.78 Å². The number of Topliss-reactive ketones (excluding diaryl/α,β-unsaturated/α-hetero) is 1. The lowest BCUT2D eigenvalue weighted by Crippen LogP contribution is -2.21. The third kappa shape index (κ3) is 1.50. The summed E-state index contributed by atoms with van der Waals surface area (Å²) >= 11 is 0. The minimum absolute atomic E-state index is 0.333. The van der Waals surface area contributed by atoms with Gasteiger partial charge in [0.05, 0.1) is 0 Å². The predicted octanol–water partition coefficient (Wildman–Crippen LogP) is 3.61. The zero-order chi connectivity index (χ0) is 11.1. The number of aryl methyl sites for hydroxylation is 1. The lowest BCUT2D eigenvalue weighted by molar-refractivity contribution is 0.0874. The third-order valence-corrected chi connectivity index (χ3v) is 4.49. The van der Waals surface area contributed by atoms with Gasteiger partial charge in [0.25, 0.3) is 0 Å². The Kier molecular flexibility index (Phi) is 2.34. The first-order valence-corrected chi connectivity index (χ1v) is 6.35. The third-order valence-electron chi connectivity index (χ3n) is 4.49. The Labute approximate surface area is 96.9 Å². The van der Waals surface area contributed by atoms with Crippen molar-refractivity contribution in [3.63, 3.8) is 0 Å². The predicted molar refractivity (Wildman–Crippen MR) is 64.4 cm³/mol. The Bertz CT molecular complexity index is 421. The largest absolute Gasteiger partial charge is 0.294 e. The van der Waals surface area contributed by atoms with Crippen molar-refractivity contribution in [2.45, 2.75) is 32.6 Å². The van der Waals surface area contributed by atoms with Crippen molar-refractivity contribution in [1.29, 1.82) is 0 Å². The molecular weight excluding hydrogens is 196 g/mol.